The molecule has 0 radical (unpaired) electrons. The molecule has 0 aromatic heterocycles. The van der Waals surface area contributed by atoms with Crippen molar-refractivity contribution in [3.05, 3.63) is 28.2 Å². The van der Waals surface area contributed by atoms with Gasteiger partial charge in [0.05, 0.1) is 30.5 Å². The first-order valence-corrected chi connectivity index (χ1v) is 7.04. The second-order valence-electron chi connectivity index (χ2n) is 5.40. The third-order valence-electron chi connectivity index (χ3n) is 3.39. The summed E-state index contributed by atoms with van der Waals surface area (Å²) in [6, 6.07) is 6.04. The van der Waals surface area contributed by atoms with E-state index in [1.165, 1.54) is 0 Å². The minimum Gasteiger partial charge on any atom is -0.389 e. The van der Waals surface area contributed by atoms with Crippen LogP contribution in [-0.4, -0.2) is 30.4 Å². The van der Waals surface area contributed by atoms with E-state index in [0.717, 1.165) is 35.5 Å². The van der Waals surface area contributed by atoms with E-state index in [2.05, 4.69) is 40.7 Å². The fourth-order valence-corrected chi connectivity index (χ4v) is 2.92. The monoisotopic (exact) mass is 313 g/mol. The van der Waals surface area contributed by atoms with Gasteiger partial charge in [0.2, 0.25) is 0 Å². The van der Waals surface area contributed by atoms with Gasteiger partial charge in [0.1, 0.15) is 0 Å². The standard InChI is InChI=1S/C14H20BrNO2/c1-10(17)11-4-5-13(12(15)8-11)16-6-7-18-9-14(16,2)3/h4-5,8,10,17H,6-7,9H2,1-3H3/t10-/m0/s1. The van der Waals surface area contributed by atoms with E-state index < -0.39 is 6.10 Å². The van der Waals surface area contributed by atoms with Gasteiger partial charge in [0.15, 0.2) is 0 Å². The number of halogens is 1. The van der Waals surface area contributed by atoms with Crippen molar-refractivity contribution in [2.45, 2.75) is 32.4 Å². The van der Waals surface area contributed by atoms with Crippen molar-refractivity contribution in [1.29, 1.82) is 0 Å². The van der Waals surface area contributed by atoms with Crippen molar-refractivity contribution in [3.8, 4) is 0 Å². The summed E-state index contributed by atoms with van der Waals surface area (Å²) in [5, 5.41) is 9.60. The first-order chi connectivity index (χ1) is 8.42. The first kappa shape index (κ1) is 13.8. The summed E-state index contributed by atoms with van der Waals surface area (Å²) in [5.74, 6) is 0. The lowest BCUT2D eigenvalue weighted by Crippen LogP contribution is -2.53. The van der Waals surface area contributed by atoms with Crippen molar-refractivity contribution >= 4 is 21.6 Å². The fourth-order valence-electron chi connectivity index (χ4n) is 2.31. The highest BCUT2D eigenvalue weighted by atomic mass is 79.9. The molecule has 0 bridgehead atoms. The molecule has 18 heavy (non-hydrogen) atoms. The number of aliphatic hydroxyl groups is 1. The Morgan fingerprint density at radius 2 is 2.17 bits per heavy atom. The van der Waals surface area contributed by atoms with Crippen LogP contribution in [0.5, 0.6) is 0 Å². The van der Waals surface area contributed by atoms with E-state index in [-0.39, 0.29) is 5.54 Å². The van der Waals surface area contributed by atoms with Gasteiger partial charge in [-0.05, 0) is 54.4 Å². The molecule has 2 rings (SSSR count). The van der Waals surface area contributed by atoms with Crippen LogP contribution in [0.2, 0.25) is 0 Å². The van der Waals surface area contributed by atoms with Crippen LogP contribution < -0.4 is 4.90 Å². The Balaban J connectivity index is 2.33. The van der Waals surface area contributed by atoms with Crippen molar-refractivity contribution in [2.24, 2.45) is 0 Å². The second kappa shape index (κ2) is 5.19. The molecule has 0 spiro atoms. The van der Waals surface area contributed by atoms with Crippen LogP contribution >= 0.6 is 15.9 Å². The number of hydrogen-bond acceptors (Lipinski definition) is 3. The molecule has 1 saturated heterocycles. The summed E-state index contributed by atoms with van der Waals surface area (Å²) in [5.41, 5.74) is 2.08. The third kappa shape index (κ3) is 2.71. The Bertz CT molecular complexity index is 432. The molecule has 1 fully saturated rings. The number of rotatable bonds is 2. The molecule has 4 heteroatoms. The van der Waals surface area contributed by atoms with Crippen LogP contribution in [0.25, 0.3) is 0 Å². The van der Waals surface area contributed by atoms with Gasteiger partial charge in [-0.1, -0.05) is 6.07 Å². The van der Waals surface area contributed by atoms with Gasteiger partial charge in [0.25, 0.3) is 0 Å². The molecule has 1 aromatic carbocycles. The van der Waals surface area contributed by atoms with Gasteiger partial charge in [-0.2, -0.15) is 0 Å². The molecule has 1 aromatic rings. The minimum absolute atomic E-state index is 0.00683. The molecule has 1 N–H and O–H groups in total. The van der Waals surface area contributed by atoms with Crippen molar-refractivity contribution in [2.75, 3.05) is 24.7 Å². The molecule has 1 aliphatic heterocycles. The van der Waals surface area contributed by atoms with Crippen LogP contribution in [0.3, 0.4) is 0 Å². The Hall–Kier alpha value is -0.580. The Morgan fingerprint density at radius 3 is 2.72 bits per heavy atom. The topological polar surface area (TPSA) is 32.7 Å². The zero-order valence-electron chi connectivity index (χ0n) is 11.1. The van der Waals surface area contributed by atoms with Gasteiger partial charge in [-0.15, -0.1) is 0 Å². The maximum atomic E-state index is 9.60. The van der Waals surface area contributed by atoms with E-state index in [9.17, 15) is 5.11 Å². The Morgan fingerprint density at radius 1 is 1.44 bits per heavy atom. The van der Waals surface area contributed by atoms with Gasteiger partial charge in [0, 0.05) is 11.0 Å². The number of hydrogen-bond donors (Lipinski definition) is 1. The van der Waals surface area contributed by atoms with Crippen LogP contribution in [0.4, 0.5) is 5.69 Å². The molecule has 0 amide bonds. The number of ether oxygens (including phenoxy) is 1. The van der Waals surface area contributed by atoms with E-state index in [1.807, 2.05) is 12.1 Å². The molecule has 100 valence electrons. The smallest absolute Gasteiger partial charge is 0.0762 e. The highest BCUT2D eigenvalue weighted by Crippen LogP contribution is 2.34. The summed E-state index contributed by atoms with van der Waals surface area (Å²) in [7, 11) is 0. The lowest BCUT2D eigenvalue weighted by atomic mass is 10.0. The molecule has 1 atom stereocenters. The number of nitrogens with zero attached hydrogens (tertiary/aromatic N) is 1. The second-order valence-corrected chi connectivity index (χ2v) is 6.26. The highest BCUT2D eigenvalue weighted by Gasteiger charge is 2.31. The van der Waals surface area contributed by atoms with Crippen LogP contribution in [0.1, 0.15) is 32.4 Å². The molecule has 1 aliphatic rings. The highest BCUT2D eigenvalue weighted by molar-refractivity contribution is 9.10. The minimum atomic E-state index is -0.437. The molecular weight excluding hydrogens is 294 g/mol. The summed E-state index contributed by atoms with van der Waals surface area (Å²) in [6.07, 6.45) is -0.437. The number of morpholine rings is 1. The quantitative estimate of drug-likeness (QED) is 0.910. The lowest BCUT2D eigenvalue weighted by Gasteiger charge is -2.44. The predicted molar refractivity (Wildman–Crippen MR) is 77.0 cm³/mol. The average molecular weight is 314 g/mol. The third-order valence-corrected chi connectivity index (χ3v) is 4.03. The fraction of sp³-hybridized carbons (Fsp3) is 0.571. The molecule has 0 saturated carbocycles. The van der Waals surface area contributed by atoms with Crippen LogP contribution in [0.15, 0.2) is 22.7 Å². The lowest BCUT2D eigenvalue weighted by molar-refractivity contribution is 0.0643. The summed E-state index contributed by atoms with van der Waals surface area (Å²) in [4.78, 5) is 2.35. The molecule has 0 unspecified atom stereocenters. The summed E-state index contributed by atoms with van der Waals surface area (Å²) < 4.78 is 6.57. The Kier molecular flexibility index (Phi) is 3.99. The Labute approximate surface area is 117 Å². The normalized spacial score (nSPS) is 20.8. The maximum Gasteiger partial charge on any atom is 0.0762 e. The zero-order valence-corrected chi connectivity index (χ0v) is 12.7. The van der Waals surface area contributed by atoms with E-state index in [0.29, 0.717) is 0 Å². The molecule has 1 heterocycles. The van der Waals surface area contributed by atoms with Crippen molar-refractivity contribution in [1.82, 2.24) is 0 Å². The number of anilines is 1. The number of aliphatic hydroxyl groups excluding tert-OH is 1. The largest absolute Gasteiger partial charge is 0.389 e. The van der Waals surface area contributed by atoms with Crippen LogP contribution in [0, 0.1) is 0 Å². The molecular formula is C14H20BrNO2. The van der Waals surface area contributed by atoms with Gasteiger partial charge >= 0.3 is 0 Å². The predicted octanol–water partition coefficient (Wildman–Crippen LogP) is 3.12. The summed E-state index contributed by atoms with van der Waals surface area (Å²) in [6.45, 7) is 8.52. The SMILES string of the molecule is C[C@H](O)c1ccc(N2CCOCC2(C)C)c(Br)c1. The maximum absolute atomic E-state index is 9.60. The van der Waals surface area contributed by atoms with Gasteiger partial charge in [-0.25, -0.2) is 0 Å². The van der Waals surface area contributed by atoms with E-state index in [1.54, 1.807) is 6.92 Å². The van der Waals surface area contributed by atoms with Crippen molar-refractivity contribution in [3.63, 3.8) is 0 Å². The number of benzene rings is 1. The zero-order chi connectivity index (χ0) is 13.3. The molecule has 0 aliphatic carbocycles. The van der Waals surface area contributed by atoms with Crippen LogP contribution in [-0.2, 0) is 4.74 Å². The summed E-state index contributed by atoms with van der Waals surface area (Å²) >= 11 is 3.61. The first-order valence-electron chi connectivity index (χ1n) is 6.25. The van der Waals surface area contributed by atoms with E-state index in [4.69, 9.17) is 4.74 Å². The molecule has 3 nitrogen and oxygen atoms in total. The van der Waals surface area contributed by atoms with Gasteiger partial charge in [-0.3, -0.25) is 0 Å². The van der Waals surface area contributed by atoms with Gasteiger partial charge < -0.3 is 14.7 Å². The van der Waals surface area contributed by atoms with Crippen molar-refractivity contribution < 1.29 is 9.84 Å². The van der Waals surface area contributed by atoms with E-state index >= 15 is 0 Å². The average Bonchev–Trinajstić information content (AvgIpc) is 2.29.